The quantitative estimate of drug-likeness (QED) is 0.298. The maximum atomic E-state index is 8.01. The average molecular weight is 185 g/mol. The molecule has 0 N–H and O–H groups in total. The molecule has 0 saturated carbocycles. The summed E-state index contributed by atoms with van der Waals surface area (Å²) < 4.78 is 0. The van der Waals surface area contributed by atoms with Gasteiger partial charge in [0.2, 0.25) is 0 Å². The van der Waals surface area contributed by atoms with Crippen molar-refractivity contribution in [1.82, 2.24) is 0 Å². The number of hydrogen-bond acceptors (Lipinski definition) is 1. The molecule has 3 nitrogen and oxygen atoms in total. The van der Waals surface area contributed by atoms with Crippen molar-refractivity contribution in [3.8, 4) is 0 Å². The van der Waals surface area contributed by atoms with Crippen LogP contribution in [0.4, 0.5) is 0 Å². The van der Waals surface area contributed by atoms with Crippen LogP contribution < -0.4 is 0 Å². The third-order valence-corrected chi connectivity index (χ3v) is 1.59. The SMILES string of the molecule is [N-]=[N+]=NCC=CC=Cc1ccccc1. The maximum Gasteiger partial charge on any atom is 0.0443 e. The van der Waals surface area contributed by atoms with Crippen LogP contribution in [0.25, 0.3) is 16.5 Å². The van der Waals surface area contributed by atoms with Gasteiger partial charge in [-0.2, -0.15) is 0 Å². The summed E-state index contributed by atoms with van der Waals surface area (Å²) in [5, 5.41) is 3.38. The molecular formula is C11H11N3. The van der Waals surface area contributed by atoms with E-state index in [0.29, 0.717) is 6.54 Å². The Morgan fingerprint density at radius 1 is 1.21 bits per heavy atom. The second-order valence-electron chi connectivity index (χ2n) is 2.61. The summed E-state index contributed by atoms with van der Waals surface area (Å²) in [6.07, 6.45) is 7.58. The predicted molar refractivity (Wildman–Crippen MR) is 58.6 cm³/mol. The zero-order valence-electron chi connectivity index (χ0n) is 7.74. The Bertz CT molecular complexity index is 359. The van der Waals surface area contributed by atoms with Gasteiger partial charge < -0.3 is 0 Å². The van der Waals surface area contributed by atoms with Crippen molar-refractivity contribution < 1.29 is 0 Å². The molecule has 0 aliphatic rings. The van der Waals surface area contributed by atoms with Gasteiger partial charge >= 0.3 is 0 Å². The van der Waals surface area contributed by atoms with Crippen molar-refractivity contribution in [1.29, 1.82) is 0 Å². The highest BCUT2D eigenvalue weighted by molar-refractivity contribution is 5.50. The molecule has 0 unspecified atom stereocenters. The molecule has 0 atom stereocenters. The van der Waals surface area contributed by atoms with Gasteiger partial charge in [-0.05, 0) is 11.1 Å². The first-order chi connectivity index (χ1) is 6.93. The largest absolute Gasteiger partial charge is 0.0899 e. The van der Waals surface area contributed by atoms with Gasteiger partial charge in [-0.3, -0.25) is 0 Å². The van der Waals surface area contributed by atoms with E-state index in [2.05, 4.69) is 10.0 Å². The van der Waals surface area contributed by atoms with E-state index in [9.17, 15) is 0 Å². The fraction of sp³-hybridized carbons (Fsp3) is 0.0909. The summed E-state index contributed by atoms with van der Waals surface area (Å²) in [7, 11) is 0. The smallest absolute Gasteiger partial charge is 0.0443 e. The van der Waals surface area contributed by atoms with Crippen LogP contribution in [-0.2, 0) is 0 Å². The van der Waals surface area contributed by atoms with Crippen molar-refractivity contribution in [2.24, 2.45) is 5.11 Å². The minimum absolute atomic E-state index is 0.398. The minimum Gasteiger partial charge on any atom is -0.0899 e. The normalized spacial score (nSPS) is 10.6. The molecule has 1 aromatic rings. The lowest BCUT2D eigenvalue weighted by Gasteiger charge is -1.88. The fourth-order valence-electron chi connectivity index (χ4n) is 0.954. The van der Waals surface area contributed by atoms with Crippen LogP contribution in [0.1, 0.15) is 5.56 Å². The zero-order valence-corrected chi connectivity index (χ0v) is 7.74. The summed E-state index contributed by atoms with van der Waals surface area (Å²) in [5.74, 6) is 0. The average Bonchev–Trinajstić information content (AvgIpc) is 2.25. The summed E-state index contributed by atoms with van der Waals surface area (Å²) in [4.78, 5) is 2.64. The predicted octanol–water partition coefficient (Wildman–Crippen LogP) is 3.57. The molecule has 1 rings (SSSR count). The highest BCUT2D eigenvalue weighted by Crippen LogP contribution is 2.00. The van der Waals surface area contributed by atoms with E-state index in [1.54, 1.807) is 6.08 Å². The Kier molecular flexibility index (Phi) is 4.70. The van der Waals surface area contributed by atoms with E-state index in [1.807, 2.05) is 48.6 Å². The molecule has 0 spiro atoms. The first kappa shape index (κ1) is 10.1. The molecule has 0 aliphatic carbocycles. The third-order valence-electron chi connectivity index (χ3n) is 1.59. The number of azide groups is 1. The van der Waals surface area contributed by atoms with E-state index in [0.717, 1.165) is 5.56 Å². The van der Waals surface area contributed by atoms with Gasteiger partial charge in [-0.1, -0.05) is 59.8 Å². The molecule has 0 bridgehead atoms. The summed E-state index contributed by atoms with van der Waals surface area (Å²) in [6.45, 7) is 0.398. The van der Waals surface area contributed by atoms with Crippen molar-refractivity contribution in [3.63, 3.8) is 0 Å². The van der Waals surface area contributed by atoms with Gasteiger partial charge in [0, 0.05) is 11.5 Å². The zero-order chi connectivity index (χ0) is 10.1. The standard InChI is InChI=1S/C11H11N3/c12-14-13-10-6-2-5-9-11-7-3-1-4-8-11/h1-9H,10H2. The lowest BCUT2D eigenvalue weighted by Crippen LogP contribution is -1.68. The number of nitrogens with zero attached hydrogens (tertiary/aromatic N) is 3. The molecule has 70 valence electrons. The number of benzene rings is 1. The number of hydrogen-bond donors (Lipinski definition) is 0. The molecule has 14 heavy (non-hydrogen) atoms. The van der Waals surface area contributed by atoms with Crippen LogP contribution in [0.3, 0.4) is 0 Å². The van der Waals surface area contributed by atoms with Crippen molar-refractivity contribution in [2.45, 2.75) is 0 Å². The van der Waals surface area contributed by atoms with Crippen LogP contribution in [0.2, 0.25) is 0 Å². The summed E-state index contributed by atoms with van der Waals surface area (Å²) >= 11 is 0. The second-order valence-corrected chi connectivity index (χ2v) is 2.61. The first-order valence-electron chi connectivity index (χ1n) is 4.32. The lowest BCUT2D eigenvalue weighted by atomic mass is 10.2. The van der Waals surface area contributed by atoms with Gasteiger partial charge in [0.1, 0.15) is 0 Å². The first-order valence-corrected chi connectivity index (χ1v) is 4.32. The molecular weight excluding hydrogens is 174 g/mol. The molecule has 3 heteroatoms. The molecule has 0 heterocycles. The molecule has 0 radical (unpaired) electrons. The van der Waals surface area contributed by atoms with Gasteiger partial charge in [-0.15, -0.1) is 0 Å². The van der Waals surface area contributed by atoms with E-state index in [1.165, 1.54) is 0 Å². The van der Waals surface area contributed by atoms with Crippen LogP contribution >= 0.6 is 0 Å². The van der Waals surface area contributed by atoms with Crippen molar-refractivity contribution in [2.75, 3.05) is 6.54 Å². The van der Waals surface area contributed by atoms with Crippen molar-refractivity contribution in [3.05, 3.63) is 64.6 Å². The Morgan fingerprint density at radius 2 is 2.00 bits per heavy atom. The van der Waals surface area contributed by atoms with Crippen LogP contribution in [0.5, 0.6) is 0 Å². The topological polar surface area (TPSA) is 48.8 Å². The van der Waals surface area contributed by atoms with Gasteiger partial charge in [0.15, 0.2) is 0 Å². The fourth-order valence-corrected chi connectivity index (χ4v) is 0.954. The Balaban J connectivity index is 2.41. The number of allylic oxidation sites excluding steroid dienone is 2. The van der Waals surface area contributed by atoms with Gasteiger partial charge in [0.25, 0.3) is 0 Å². The van der Waals surface area contributed by atoms with Crippen LogP contribution in [0.15, 0.2) is 53.7 Å². The van der Waals surface area contributed by atoms with E-state index < -0.39 is 0 Å². The van der Waals surface area contributed by atoms with Crippen LogP contribution in [0, 0.1) is 0 Å². The molecule has 0 fully saturated rings. The van der Waals surface area contributed by atoms with E-state index in [4.69, 9.17) is 5.53 Å². The third kappa shape index (κ3) is 4.14. The molecule has 0 saturated heterocycles. The van der Waals surface area contributed by atoms with Crippen LogP contribution in [-0.4, -0.2) is 6.54 Å². The Hall–Kier alpha value is -1.99. The Morgan fingerprint density at radius 3 is 2.71 bits per heavy atom. The van der Waals surface area contributed by atoms with Gasteiger partial charge in [-0.25, -0.2) is 0 Å². The number of rotatable bonds is 4. The van der Waals surface area contributed by atoms with E-state index >= 15 is 0 Å². The molecule has 1 aromatic carbocycles. The lowest BCUT2D eigenvalue weighted by molar-refractivity contribution is 1.21. The highest BCUT2D eigenvalue weighted by Gasteiger charge is 1.79. The summed E-state index contributed by atoms with van der Waals surface area (Å²) in [6, 6.07) is 10.0. The molecule has 0 aliphatic heterocycles. The highest BCUT2D eigenvalue weighted by atomic mass is 15.1. The van der Waals surface area contributed by atoms with E-state index in [-0.39, 0.29) is 0 Å². The van der Waals surface area contributed by atoms with Crippen molar-refractivity contribution >= 4 is 6.08 Å². The molecule has 0 amide bonds. The monoisotopic (exact) mass is 185 g/mol. The molecule has 0 aromatic heterocycles. The van der Waals surface area contributed by atoms with Gasteiger partial charge in [0.05, 0.1) is 0 Å². The second kappa shape index (κ2) is 6.52. The minimum atomic E-state index is 0.398. The maximum absolute atomic E-state index is 8.01. The Labute approximate surface area is 83.0 Å². The summed E-state index contributed by atoms with van der Waals surface area (Å²) in [5.41, 5.74) is 9.16.